The summed E-state index contributed by atoms with van der Waals surface area (Å²) in [6.45, 7) is 0. The summed E-state index contributed by atoms with van der Waals surface area (Å²) < 4.78 is 40.7. The van der Waals surface area contributed by atoms with Crippen molar-refractivity contribution in [3.63, 3.8) is 0 Å². The summed E-state index contributed by atoms with van der Waals surface area (Å²) in [4.78, 5) is 21.3. The highest BCUT2D eigenvalue weighted by molar-refractivity contribution is 5.73. The van der Waals surface area contributed by atoms with E-state index in [1.807, 2.05) is 0 Å². The van der Waals surface area contributed by atoms with Gasteiger partial charge in [-0.2, -0.15) is 18.3 Å². The molecule has 0 radical (unpaired) electrons. The minimum atomic E-state index is -4.87. The summed E-state index contributed by atoms with van der Waals surface area (Å²) in [6, 6.07) is -1.60. The number of aromatic nitrogens is 1. The molecule has 1 rings (SSSR count). The standard InChI is InChI=1S/C7H7F3N2O4/c8-7(9,10)4-2(5(13)12-16-4)1-3(11)6(14)15/h3H,1,11H2,(H,12,13)(H,14,15)/t3-/m1/s1. The van der Waals surface area contributed by atoms with E-state index in [4.69, 9.17) is 10.8 Å². The van der Waals surface area contributed by atoms with Gasteiger partial charge in [0.2, 0.25) is 5.76 Å². The SMILES string of the molecule is N[C@H](Cc1c(C(F)(F)F)o[nH]c1=O)C(=O)O. The largest absolute Gasteiger partial charge is 0.480 e. The first-order valence-corrected chi connectivity index (χ1v) is 3.99. The molecule has 4 N–H and O–H groups in total. The molecule has 1 aromatic rings. The molecule has 90 valence electrons. The van der Waals surface area contributed by atoms with E-state index < -0.39 is 41.5 Å². The third-order valence-electron chi connectivity index (χ3n) is 1.79. The van der Waals surface area contributed by atoms with Crippen molar-refractivity contribution in [2.45, 2.75) is 18.6 Å². The van der Waals surface area contributed by atoms with Crippen LogP contribution >= 0.6 is 0 Å². The zero-order valence-electron chi connectivity index (χ0n) is 7.67. The number of aliphatic carboxylic acids is 1. The van der Waals surface area contributed by atoms with Gasteiger partial charge in [0.1, 0.15) is 6.04 Å². The van der Waals surface area contributed by atoms with Crippen molar-refractivity contribution in [1.29, 1.82) is 0 Å². The van der Waals surface area contributed by atoms with Crippen molar-refractivity contribution >= 4 is 5.97 Å². The summed E-state index contributed by atoms with van der Waals surface area (Å²) in [6.07, 6.45) is -5.62. The van der Waals surface area contributed by atoms with Crippen LogP contribution < -0.4 is 11.3 Å². The minimum Gasteiger partial charge on any atom is -0.480 e. The Labute approximate surface area is 85.8 Å². The lowest BCUT2D eigenvalue weighted by atomic mass is 10.1. The smallest absolute Gasteiger partial charge is 0.452 e. The number of nitrogens with one attached hydrogen (secondary N) is 1. The van der Waals surface area contributed by atoms with Gasteiger partial charge in [0.15, 0.2) is 0 Å². The number of nitrogens with two attached hydrogens (primary N) is 1. The Morgan fingerprint density at radius 1 is 1.56 bits per heavy atom. The van der Waals surface area contributed by atoms with E-state index in [1.54, 1.807) is 0 Å². The van der Waals surface area contributed by atoms with Gasteiger partial charge in [0.05, 0.1) is 5.56 Å². The van der Waals surface area contributed by atoms with Crippen LogP contribution in [0.2, 0.25) is 0 Å². The van der Waals surface area contributed by atoms with Crippen LogP contribution in [0.3, 0.4) is 0 Å². The van der Waals surface area contributed by atoms with E-state index in [2.05, 4.69) is 4.52 Å². The quantitative estimate of drug-likeness (QED) is 0.685. The van der Waals surface area contributed by atoms with E-state index in [0.717, 1.165) is 0 Å². The Morgan fingerprint density at radius 3 is 2.56 bits per heavy atom. The second kappa shape index (κ2) is 4.00. The number of H-pyrrole nitrogens is 1. The van der Waals surface area contributed by atoms with Gasteiger partial charge in [-0.05, 0) is 0 Å². The molecule has 0 unspecified atom stereocenters. The Kier molecular flexibility index (Phi) is 3.08. The van der Waals surface area contributed by atoms with E-state index in [-0.39, 0.29) is 0 Å². The maximum Gasteiger partial charge on any atom is 0.452 e. The predicted octanol–water partition coefficient (Wildman–Crippen LogP) is -0.0589. The van der Waals surface area contributed by atoms with Gasteiger partial charge in [-0.3, -0.25) is 9.59 Å². The average Bonchev–Trinajstić information content (AvgIpc) is 2.47. The molecule has 0 saturated heterocycles. The molecule has 0 aliphatic carbocycles. The average molecular weight is 240 g/mol. The second-order valence-electron chi connectivity index (χ2n) is 2.99. The number of aromatic amines is 1. The number of carbonyl (C=O) groups is 1. The van der Waals surface area contributed by atoms with Gasteiger partial charge in [0, 0.05) is 6.42 Å². The van der Waals surface area contributed by atoms with Crippen molar-refractivity contribution in [2.24, 2.45) is 5.73 Å². The topological polar surface area (TPSA) is 109 Å². The number of carboxylic acids is 1. The number of carboxylic acid groups (broad SMARTS) is 1. The van der Waals surface area contributed by atoms with Gasteiger partial charge < -0.3 is 15.4 Å². The maximum absolute atomic E-state index is 12.3. The Bertz CT molecular complexity index is 447. The van der Waals surface area contributed by atoms with Crippen LogP contribution in [0.25, 0.3) is 0 Å². The highest BCUT2D eigenvalue weighted by atomic mass is 19.4. The third kappa shape index (κ3) is 2.42. The molecule has 0 spiro atoms. The first-order chi connectivity index (χ1) is 7.23. The number of halogens is 3. The number of hydrogen-bond donors (Lipinski definition) is 3. The predicted molar refractivity (Wildman–Crippen MR) is 43.6 cm³/mol. The second-order valence-corrected chi connectivity index (χ2v) is 2.99. The molecule has 1 aromatic heterocycles. The van der Waals surface area contributed by atoms with E-state index in [9.17, 15) is 22.8 Å². The highest BCUT2D eigenvalue weighted by Gasteiger charge is 2.40. The van der Waals surface area contributed by atoms with Crippen LogP contribution in [0.1, 0.15) is 11.3 Å². The first-order valence-electron chi connectivity index (χ1n) is 3.99. The molecule has 1 atom stereocenters. The van der Waals surface area contributed by atoms with E-state index in [0.29, 0.717) is 0 Å². The van der Waals surface area contributed by atoms with Gasteiger partial charge in [-0.1, -0.05) is 0 Å². The summed E-state index contributed by atoms with van der Waals surface area (Å²) in [7, 11) is 0. The van der Waals surface area contributed by atoms with Crippen LogP contribution in [-0.4, -0.2) is 22.3 Å². The van der Waals surface area contributed by atoms with Crippen molar-refractivity contribution in [2.75, 3.05) is 0 Å². The fourth-order valence-electron chi connectivity index (χ4n) is 1.05. The zero-order valence-corrected chi connectivity index (χ0v) is 7.67. The molecule has 0 saturated carbocycles. The number of alkyl halides is 3. The Balaban J connectivity index is 3.09. The van der Waals surface area contributed by atoms with Crippen LogP contribution in [0.5, 0.6) is 0 Å². The summed E-state index contributed by atoms with van der Waals surface area (Å²) in [5.74, 6) is -3.05. The number of hydrogen-bond acceptors (Lipinski definition) is 4. The molecule has 16 heavy (non-hydrogen) atoms. The normalized spacial score (nSPS) is 13.8. The van der Waals surface area contributed by atoms with E-state index in [1.165, 1.54) is 5.16 Å². The van der Waals surface area contributed by atoms with Crippen molar-refractivity contribution < 1.29 is 27.6 Å². The van der Waals surface area contributed by atoms with Crippen LogP contribution in [-0.2, 0) is 17.4 Å². The molecule has 9 heteroatoms. The number of rotatable bonds is 3. The molecule has 6 nitrogen and oxygen atoms in total. The molecular weight excluding hydrogens is 233 g/mol. The van der Waals surface area contributed by atoms with Crippen molar-refractivity contribution in [1.82, 2.24) is 5.16 Å². The van der Waals surface area contributed by atoms with E-state index >= 15 is 0 Å². The molecule has 0 aliphatic heterocycles. The summed E-state index contributed by atoms with van der Waals surface area (Å²) in [5.41, 5.74) is 3.08. The monoisotopic (exact) mass is 240 g/mol. The van der Waals surface area contributed by atoms with Crippen LogP contribution in [0.4, 0.5) is 13.2 Å². The van der Waals surface area contributed by atoms with Gasteiger partial charge in [0.25, 0.3) is 5.56 Å². The molecule has 0 fully saturated rings. The Hall–Kier alpha value is -1.77. The third-order valence-corrected chi connectivity index (χ3v) is 1.79. The maximum atomic E-state index is 12.3. The van der Waals surface area contributed by atoms with Crippen molar-refractivity contribution in [3.05, 3.63) is 21.7 Å². The fourth-order valence-corrected chi connectivity index (χ4v) is 1.05. The lowest BCUT2D eigenvalue weighted by molar-refractivity contribution is -0.156. The van der Waals surface area contributed by atoms with Gasteiger partial charge in [-0.25, -0.2) is 0 Å². The molecule has 0 bridgehead atoms. The summed E-state index contributed by atoms with van der Waals surface area (Å²) in [5, 5.41) is 9.91. The van der Waals surface area contributed by atoms with Gasteiger partial charge >= 0.3 is 12.1 Å². The first kappa shape index (κ1) is 12.3. The lowest BCUT2D eigenvalue weighted by Gasteiger charge is -2.06. The molecular formula is C7H7F3N2O4. The minimum absolute atomic E-state index is 0.754. The zero-order chi connectivity index (χ0) is 12.5. The lowest BCUT2D eigenvalue weighted by Crippen LogP contribution is -2.34. The molecule has 0 aliphatic rings. The van der Waals surface area contributed by atoms with Crippen molar-refractivity contribution in [3.8, 4) is 0 Å². The highest BCUT2D eigenvalue weighted by Crippen LogP contribution is 2.30. The van der Waals surface area contributed by atoms with Crippen LogP contribution in [0.15, 0.2) is 9.32 Å². The molecule has 1 heterocycles. The fraction of sp³-hybridized carbons (Fsp3) is 0.429. The Morgan fingerprint density at radius 2 is 2.12 bits per heavy atom. The van der Waals surface area contributed by atoms with Gasteiger partial charge in [-0.15, -0.1) is 0 Å². The molecule has 0 amide bonds. The summed E-state index contributed by atoms with van der Waals surface area (Å²) >= 11 is 0. The molecule has 0 aromatic carbocycles. The van der Waals surface area contributed by atoms with Crippen LogP contribution in [0, 0.1) is 0 Å².